The van der Waals surface area contributed by atoms with Crippen molar-refractivity contribution in [2.45, 2.75) is 0 Å². The lowest BCUT2D eigenvalue weighted by Crippen LogP contribution is -2.16. The first kappa shape index (κ1) is 18.1. The lowest BCUT2D eigenvalue weighted by atomic mass is 10.1. The zero-order chi connectivity index (χ0) is 19.2. The summed E-state index contributed by atoms with van der Waals surface area (Å²) in [6.07, 6.45) is 2.72. The van der Waals surface area contributed by atoms with Crippen LogP contribution < -0.4 is 15.4 Å². The van der Waals surface area contributed by atoms with Gasteiger partial charge in [0, 0.05) is 23.8 Å². The van der Waals surface area contributed by atoms with E-state index in [2.05, 4.69) is 15.6 Å². The first-order valence-electron chi connectivity index (χ1n) is 8.02. The number of rotatable bonds is 5. The van der Waals surface area contributed by atoms with Crippen molar-refractivity contribution in [2.24, 2.45) is 0 Å². The molecule has 1 heterocycles. The van der Waals surface area contributed by atoms with Crippen molar-refractivity contribution in [2.75, 3.05) is 17.7 Å². The van der Waals surface area contributed by atoms with Crippen molar-refractivity contribution < 1.29 is 18.7 Å². The first-order chi connectivity index (χ1) is 13.0. The Kier molecular flexibility index (Phi) is 5.41. The Morgan fingerprint density at radius 1 is 0.852 bits per heavy atom. The number of hydrogen-bond donors (Lipinski definition) is 2. The third-order valence-electron chi connectivity index (χ3n) is 3.71. The van der Waals surface area contributed by atoms with Gasteiger partial charge in [0.2, 0.25) is 0 Å². The molecule has 6 nitrogen and oxygen atoms in total. The molecule has 0 saturated heterocycles. The Morgan fingerprint density at radius 3 is 1.81 bits per heavy atom. The highest BCUT2D eigenvalue weighted by Gasteiger charge is 2.12. The van der Waals surface area contributed by atoms with Crippen LogP contribution in [0.3, 0.4) is 0 Å². The topological polar surface area (TPSA) is 80.3 Å². The molecule has 0 radical (unpaired) electrons. The summed E-state index contributed by atoms with van der Waals surface area (Å²) in [6.45, 7) is 0. The number of nitrogens with one attached hydrogen (secondary N) is 2. The molecule has 0 bridgehead atoms. The molecule has 0 atom stereocenters. The summed E-state index contributed by atoms with van der Waals surface area (Å²) < 4.78 is 18.0. The van der Waals surface area contributed by atoms with Gasteiger partial charge in [-0.15, -0.1) is 0 Å². The predicted molar refractivity (Wildman–Crippen MR) is 99.5 cm³/mol. The van der Waals surface area contributed by atoms with Gasteiger partial charge in [0.25, 0.3) is 11.8 Å². The molecule has 2 amide bonds. The largest absolute Gasteiger partial charge is 0.497 e. The van der Waals surface area contributed by atoms with E-state index in [1.54, 1.807) is 31.4 Å². The SMILES string of the molecule is COc1ccc(NC(=O)c2cncc(C(=O)Nc3ccc(F)cc3)c2)cc1. The Bertz CT molecular complexity index is 957. The first-order valence-corrected chi connectivity index (χ1v) is 8.02. The van der Waals surface area contributed by atoms with Crippen LogP contribution >= 0.6 is 0 Å². The number of methoxy groups -OCH3 is 1. The van der Waals surface area contributed by atoms with E-state index in [-0.39, 0.29) is 11.1 Å². The van der Waals surface area contributed by atoms with Crippen molar-refractivity contribution in [3.05, 3.63) is 83.9 Å². The zero-order valence-corrected chi connectivity index (χ0v) is 14.4. The fourth-order valence-corrected chi connectivity index (χ4v) is 2.30. The van der Waals surface area contributed by atoms with Gasteiger partial charge in [-0.25, -0.2) is 4.39 Å². The zero-order valence-electron chi connectivity index (χ0n) is 14.4. The number of amides is 2. The monoisotopic (exact) mass is 365 g/mol. The van der Waals surface area contributed by atoms with Gasteiger partial charge in [-0.3, -0.25) is 14.6 Å². The number of carbonyl (C=O) groups excluding carboxylic acids is 2. The van der Waals surface area contributed by atoms with Crippen molar-refractivity contribution in [1.82, 2.24) is 4.98 Å². The van der Waals surface area contributed by atoms with Crippen LogP contribution in [0, 0.1) is 5.82 Å². The predicted octanol–water partition coefficient (Wildman–Crippen LogP) is 3.73. The van der Waals surface area contributed by atoms with Crippen LogP contribution in [-0.2, 0) is 0 Å². The van der Waals surface area contributed by atoms with Crippen LogP contribution in [0.1, 0.15) is 20.7 Å². The normalized spacial score (nSPS) is 10.1. The number of benzene rings is 2. The van der Waals surface area contributed by atoms with Crippen molar-refractivity contribution >= 4 is 23.2 Å². The second kappa shape index (κ2) is 8.09. The second-order valence-electron chi connectivity index (χ2n) is 5.61. The average molecular weight is 365 g/mol. The molecule has 2 aromatic carbocycles. The van der Waals surface area contributed by atoms with Crippen LogP contribution in [0.25, 0.3) is 0 Å². The standard InChI is InChI=1S/C20H16FN3O3/c1-27-18-8-6-17(7-9-18)24-20(26)14-10-13(11-22-12-14)19(25)23-16-4-2-15(21)3-5-16/h2-12H,1H3,(H,23,25)(H,24,26). The molecule has 0 saturated carbocycles. The smallest absolute Gasteiger partial charge is 0.257 e. The lowest BCUT2D eigenvalue weighted by Gasteiger charge is -2.08. The van der Waals surface area contributed by atoms with Gasteiger partial charge >= 0.3 is 0 Å². The molecule has 0 aliphatic heterocycles. The van der Waals surface area contributed by atoms with E-state index >= 15 is 0 Å². The summed E-state index contributed by atoms with van der Waals surface area (Å²) >= 11 is 0. The molecule has 3 rings (SSSR count). The summed E-state index contributed by atoms with van der Waals surface area (Å²) in [4.78, 5) is 28.6. The molecular formula is C20H16FN3O3. The van der Waals surface area contributed by atoms with E-state index in [0.29, 0.717) is 17.1 Å². The minimum Gasteiger partial charge on any atom is -0.497 e. The minimum atomic E-state index is -0.451. The quantitative estimate of drug-likeness (QED) is 0.722. The van der Waals surface area contributed by atoms with Gasteiger partial charge in [-0.05, 0) is 54.6 Å². The van der Waals surface area contributed by atoms with Gasteiger partial charge in [0.1, 0.15) is 11.6 Å². The molecule has 0 unspecified atom stereocenters. The van der Waals surface area contributed by atoms with E-state index < -0.39 is 17.6 Å². The van der Waals surface area contributed by atoms with Crippen LogP contribution in [0.4, 0.5) is 15.8 Å². The maximum atomic E-state index is 12.9. The van der Waals surface area contributed by atoms with Gasteiger partial charge in [0.15, 0.2) is 0 Å². The molecule has 1 aromatic heterocycles. The highest BCUT2D eigenvalue weighted by atomic mass is 19.1. The number of carbonyl (C=O) groups is 2. The summed E-state index contributed by atoms with van der Waals surface area (Å²) in [7, 11) is 1.56. The third kappa shape index (κ3) is 4.66. The molecular weight excluding hydrogens is 349 g/mol. The number of halogens is 1. The molecule has 2 N–H and O–H groups in total. The summed E-state index contributed by atoms with van der Waals surface area (Å²) in [5.74, 6) is -0.571. The maximum Gasteiger partial charge on any atom is 0.257 e. The van der Waals surface area contributed by atoms with Crippen LogP contribution in [0.2, 0.25) is 0 Å². The average Bonchev–Trinajstić information content (AvgIpc) is 2.70. The number of anilines is 2. The van der Waals surface area contributed by atoms with E-state index in [1.807, 2.05) is 0 Å². The number of ether oxygens (including phenoxy) is 1. The molecule has 0 aliphatic rings. The highest BCUT2D eigenvalue weighted by Crippen LogP contribution is 2.16. The van der Waals surface area contributed by atoms with E-state index in [0.717, 1.165) is 0 Å². The van der Waals surface area contributed by atoms with Gasteiger partial charge in [0.05, 0.1) is 18.2 Å². The second-order valence-corrected chi connectivity index (χ2v) is 5.61. The summed E-state index contributed by atoms with van der Waals surface area (Å²) in [6, 6.07) is 13.7. The van der Waals surface area contributed by atoms with Crippen molar-refractivity contribution in [3.8, 4) is 5.75 Å². The fourth-order valence-electron chi connectivity index (χ4n) is 2.30. The summed E-state index contributed by atoms with van der Waals surface area (Å²) in [5, 5.41) is 5.35. The van der Waals surface area contributed by atoms with Crippen LogP contribution in [0.15, 0.2) is 67.0 Å². The molecule has 3 aromatic rings. The van der Waals surface area contributed by atoms with Gasteiger partial charge < -0.3 is 15.4 Å². The van der Waals surface area contributed by atoms with Crippen molar-refractivity contribution in [3.63, 3.8) is 0 Å². The van der Waals surface area contributed by atoms with E-state index in [9.17, 15) is 14.0 Å². The number of hydrogen-bond acceptors (Lipinski definition) is 4. The van der Waals surface area contributed by atoms with Crippen LogP contribution in [0.5, 0.6) is 5.75 Å². The molecule has 0 aliphatic carbocycles. The lowest BCUT2D eigenvalue weighted by molar-refractivity contribution is 0.102. The molecule has 0 fully saturated rings. The molecule has 7 heteroatoms. The highest BCUT2D eigenvalue weighted by molar-refractivity contribution is 6.08. The van der Waals surface area contributed by atoms with E-state index in [1.165, 1.54) is 42.7 Å². The fraction of sp³-hybridized carbons (Fsp3) is 0.0500. The van der Waals surface area contributed by atoms with E-state index in [4.69, 9.17) is 4.74 Å². The Hall–Kier alpha value is -3.74. The third-order valence-corrected chi connectivity index (χ3v) is 3.71. The van der Waals surface area contributed by atoms with Crippen LogP contribution in [-0.4, -0.2) is 23.9 Å². The molecule has 27 heavy (non-hydrogen) atoms. The maximum absolute atomic E-state index is 12.9. The molecule has 136 valence electrons. The summed E-state index contributed by atoms with van der Waals surface area (Å²) in [5.41, 5.74) is 1.47. The number of aromatic nitrogens is 1. The molecule has 0 spiro atoms. The number of pyridine rings is 1. The Morgan fingerprint density at radius 2 is 1.33 bits per heavy atom. The minimum absolute atomic E-state index is 0.210. The number of nitrogens with zero attached hydrogens (tertiary/aromatic N) is 1. The van der Waals surface area contributed by atoms with Gasteiger partial charge in [-0.2, -0.15) is 0 Å². The van der Waals surface area contributed by atoms with Crippen molar-refractivity contribution in [1.29, 1.82) is 0 Å². The Balaban J connectivity index is 1.70. The van der Waals surface area contributed by atoms with Gasteiger partial charge in [-0.1, -0.05) is 0 Å². The Labute approximate surface area is 155 Å².